The summed E-state index contributed by atoms with van der Waals surface area (Å²) in [5.41, 5.74) is 1.76. The minimum atomic E-state index is -0.0635. The minimum Gasteiger partial charge on any atom is -0.497 e. The second-order valence-electron chi connectivity index (χ2n) is 6.69. The van der Waals surface area contributed by atoms with Gasteiger partial charge in [0, 0.05) is 30.2 Å². The van der Waals surface area contributed by atoms with Crippen LogP contribution in [-0.4, -0.2) is 18.7 Å². The normalized spacial score (nSPS) is 18.6. The van der Waals surface area contributed by atoms with Crippen molar-refractivity contribution in [1.82, 2.24) is 0 Å². The van der Waals surface area contributed by atoms with Gasteiger partial charge in [-0.2, -0.15) is 0 Å². The summed E-state index contributed by atoms with van der Waals surface area (Å²) in [6.07, 6.45) is 3.90. The molecule has 0 aromatic heterocycles. The summed E-state index contributed by atoms with van der Waals surface area (Å²) in [7, 11) is 1.63. The zero-order valence-corrected chi connectivity index (χ0v) is 14.6. The van der Waals surface area contributed by atoms with Gasteiger partial charge >= 0.3 is 0 Å². The molecule has 0 heterocycles. The molecule has 3 rings (SSSR count). The van der Waals surface area contributed by atoms with E-state index in [-0.39, 0.29) is 17.6 Å². The monoisotopic (exact) mass is 336 g/mol. The number of ether oxygens (including phenoxy) is 1. The molecule has 2 atom stereocenters. The highest BCUT2D eigenvalue weighted by Crippen LogP contribution is 2.37. The lowest BCUT2D eigenvalue weighted by molar-refractivity contribution is -0.125. The fraction of sp³-hybridized carbons (Fsp3) is 0.364. The molecule has 3 nitrogen and oxygen atoms in total. The van der Waals surface area contributed by atoms with Crippen LogP contribution in [-0.2, 0) is 4.79 Å². The second kappa shape index (κ2) is 8.11. The highest BCUT2D eigenvalue weighted by Gasteiger charge is 2.32. The molecular formula is C22H24O3. The second-order valence-corrected chi connectivity index (χ2v) is 6.69. The van der Waals surface area contributed by atoms with Crippen molar-refractivity contribution in [3.05, 3.63) is 65.7 Å². The van der Waals surface area contributed by atoms with Gasteiger partial charge in [-0.1, -0.05) is 48.9 Å². The van der Waals surface area contributed by atoms with E-state index in [0.29, 0.717) is 24.2 Å². The highest BCUT2D eigenvalue weighted by atomic mass is 16.5. The van der Waals surface area contributed by atoms with Crippen LogP contribution >= 0.6 is 0 Å². The quantitative estimate of drug-likeness (QED) is 0.711. The Morgan fingerprint density at radius 3 is 2.44 bits per heavy atom. The Morgan fingerprint density at radius 1 is 1.08 bits per heavy atom. The first-order valence-electron chi connectivity index (χ1n) is 8.94. The molecule has 1 aliphatic carbocycles. The molecule has 0 radical (unpaired) electrons. The molecule has 0 amide bonds. The molecule has 25 heavy (non-hydrogen) atoms. The third-order valence-electron chi connectivity index (χ3n) is 5.13. The summed E-state index contributed by atoms with van der Waals surface area (Å²) in [5.74, 6) is 1.06. The van der Waals surface area contributed by atoms with Gasteiger partial charge in [0.05, 0.1) is 7.11 Å². The van der Waals surface area contributed by atoms with E-state index < -0.39 is 0 Å². The summed E-state index contributed by atoms with van der Waals surface area (Å²) >= 11 is 0. The van der Waals surface area contributed by atoms with E-state index in [1.807, 2.05) is 54.6 Å². The number of methoxy groups -OCH3 is 1. The standard InChI is InChI=1S/C22H24O3/c1-25-18-13-11-16(12-14-18)20(19-9-5-6-10-21(19)23)15-22(24)17-7-3-2-4-8-17/h2-4,7-8,11-14,19-20H,5-6,9-10,15H2,1H3/t19-,20+/m0/s1. The molecule has 1 fully saturated rings. The third kappa shape index (κ3) is 4.16. The Morgan fingerprint density at radius 2 is 1.80 bits per heavy atom. The predicted molar refractivity (Wildman–Crippen MR) is 98.1 cm³/mol. The molecule has 0 saturated heterocycles. The lowest BCUT2D eigenvalue weighted by Gasteiger charge is -2.29. The number of hydrogen-bond acceptors (Lipinski definition) is 3. The zero-order valence-electron chi connectivity index (χ0n) is 14.6. The van der Waals surface area contributed by atoms with Crippen LogP contribution in [0.15, 0.2) is 54.6 Å². The van der Waals surface area contributed by atoms with Crippen LogP contribution in [0.2, 0.25) is 0 Å². The molecule has 0 spiro atoms. The number of rotatable bonds is 6. The van der Waals surface area contributed by atoms with Crippen LogP contribution in [0.4, 0.5) is 0 Å². The van der Waals surface area contributed by atoms with E-state index in [9.17, 15) is 9.59 Å². The summed E-state index contributed by atoms with van der Waals surface area (Å²) in [6.45, 7) is 0. The third-order valence-corrected chi connectivity index (χ3v) is 5.13. The van der Waals surface area contributed by atoms with Gasteiger partial charge in [0.1, 0.15) is 11.5 Å². The first-order valence-corrected chi connectivity index (χ1v) is 8.94. The maximum atomic E-state index is 12.8. The molecule has 2 aromatic carbocycles. The van der Waals surface area contributed by atoms with Gasteiger partial charge in [0.25, 0.3) is 0 Å². The van der Waals surface area contributed by atoms with E-state index in [1.54, 1.807) is 7.11 Å². The Labute approximate surface area is 149 Å². The van der Waals surface area contributed by atoms with Gasteiger partial charge in [-0.3, -0.25) is 9.59 Å². The largest absolute Gasteiger partial charge is 0.497 e. The van der Waals surface area contributed by atoms with E-state index in [2.05, 4.69) is 0 Å². The van der Waals surface area contributed by atoms with Crippen molar-refractivity contribution < 1.29 is 14.3 Å². The van der Waals surface area contributed by atoms with Crippen molar-refractivity contribution in [3.8, 4) is 5.75 Å². The fourth-order valence-corrected chi connectivity index (χ4v) is 3.72. The first kappa shape index (κ1) is 17.4. The van der Waals surface area contributed by atoms with Crippen LogP contribution in [0.5, 0.6) is 5.75 Å². The number of carbonyl (C=O) groups is 2. The molecule has 1 aliphatic rings. The molecule has 1 saturated carbocycles. The van der Waals surface area contributed by atoms with Crippen molar-refractivity contribution in [2.75, 3.05) is 7.11 Å². The van der Waals surface area contributed by atoms with Gasteiger partial charge in [0.2, 0.25) is 0 Å². The lowest BCUT2D eigenvalue weighted by Crippen LogP contribution is -2.27. The van der Waals surface area contributed by atoms with E-state index in [4.69, 9.17) is 4.74 Å². The molecule has 2 aromatic rings. The van der Waals surface area contributed by atoms with Crippen LogP contribution in [0.3, 0.4) is 0 Å². The number of hydrogen-bond donors (Lipinski definition) is 0. The molecule has 0 aliphatic heterocycles. The highest BCUT2D eigenvalue weighted by molar-refractivity contribution is 5.97. The molecule has 130 valence electrons. The van der Waals surface area contributed by atoms with E-state index in [0.717, 1.165) is 30.6 Å². The van der Waals surface area contributed by atoms with Crippen molar-refractivity contribution in [3.63, 3.8) is 0 Å². The zero-order chi connectivity index (χ0) is 17.6. The Hall–Kier alpha value is -2.42. The van der Waals surface area contributed by atoms with Gasteiger partial charge < -0.3 is 4.74 Å². The van der Waals surface area contributed by atoms with Gasteiger partial charge in [-0.25, -0.2) is 0 Å². The van der Waals surface area contributed by atoms with Crippen molar-refractivity contribution in [2.24, 2.45) is 5.92 Å². The maximum Gasteiger partial charge on any atom is 0.163 e. The molecule has 3 heteroatoms. The summed E-state index contributed by atoms with van der Waals surface area (Å²) < 4.78 is 5.23. The summed E-state index contributed by atoms with van der Waals surface area (Å²) in [6, 6.07) is 17.1. The lowest BCUT2D eigenvalue weighted by atomic mass is 9.73. The van der Waals surface area contributed by atoms with Crippen molar-refractivity contribution in [2.45, 2.75) is 38.0 Å². The first-order chi connectivity index (χ1) is 12.2. The molecule has 0 unspecified atom stereocenters. The fourth-order valence-electron chi connectivity index (χ4n) is 3.72. The molecule has 0 bridgehead atoms. The molecular weight excluding hydrogens is 312 g/mol. The number of benzene rings is 2. The Balaban J connectivity index is 1.87. The summed E-state index contributed by atoms with van der Waals surface area (Å²) in [4.78, 5) is 25.3. The van der Waals surface area contributed by atoms with Crippen LogP contribution in [0.1, 0.15) is 53.9 Å². The SMILES string of the molecule is COc1ccc([C@@H](CC(=O)c2ccccc2)[C@@H]2CCCCC2=O)cc1. The van der Waals surface area contributed by atoms with Crippen LogP contribution in [0, 0.1) is 5.92 Å². The number of Topliss-reactive ketones (excluding diaryl/α,β-unsaturated/α-hetero) is 2. The number of ketones is 2. The average molecular weight is 336 g/mol. The minimum absolute atomic E-state index is 0.0604. The predicted octanol–water partition coefficient (Wildman–Crippen LogP) is 4.81. The van der Waals surface area contributed by atoms with Gasteiger partial charge in [0.15, 0.2) is 5.78 Å². The smallest absolute Gasteiger partial charge is 0.163 e. The van der Waals surface area contributed by atoms with Crippen molar-refractivity contribution in [1.29, 1.82) is 0 Å². The average Bonchev–Trinajstić information content (AvgIpc) is 2.67. The van der Waals surface area contributed by atoms with Crippen LogP contribution < -0.4 is 4.74 Å². The van der Waals surface area contributed by atoms with Crippen LogP contribution in [0.25, 0.3) is 0 Å². The summed E-state index contributed by atoms with van der Waals surface area (Å²) in [5, 5.41) is 0. The van der Waals surface area contributed by atoms with Gasteiger partial charge in [-0.05, 0) is 30.5 Å². The van der Waals surface area contributed by atoms with Gasteiger partial charge in [-0.15, -0.1) is 0 Å². The van der Waals surface area contributed by atoms with Crippen molar-refractivity contribution >= 4 is 11.6 Å². The molecule has 0 N–H and O–H groups in total. The Bertz CT molecular complexity index is 719. The van der Waals surface area contributed by atoms with E-state index in [1.165, 1.54) is 0 Å². The van der Waals surface area contributed by atoms with E-state index >= 15 is 0 Å². The maximum absolute atomic E-state index is 12.8. The topological polar surface area (TPSA) is 43.4 Å². The number of carbonyl (C=O) groups excluding carboxylic acids is 2. The Kier molecular flexibility index (Phi) is 5.64.